The second kappa shape index (κ2) is 4.94. The van der Waals surface area contributed by atoms with Gasteiger partial charge in [0.1, 0.15) is 5.75 Å². The van der Waals surface area contributed by atoms with Crippen molar-refractivity contribution in [3.63, 3.8) is 0 Å². The molecule has 20 heavy (non-hydrogen) atoms. The predicted octanol–water partition coefficient (Wildman–Crippen LogP) is 2.48. The monoisotopic (exact) mass is 278 g/mol. The van der Waals surface area contributed by atoms with Crippen LogP contribution in [0.1, 0.15) is 24.8 Å². The largest absolute Gasteiger partial charge is 0.483 e. The lowest BCUT2D eigenvalue weighted by Crippen LogP contribution is -2.48. The molecule has 1 aliphatic carbocycles. The zero-order valence-electron chi connectivity index (χ0n) is 11.7. The summed E-state index contributed by atoms with van der Waals surface area (Å²) in [6.07, 6.45) is 3.09. The summed E-state index contributed by atoms with van der Waals surface area (Å²) in [7, 11) is 2.00. The fourth-order valence-corrected chi connectivity index (χ4v) is 2.17. The molecule has 0 aromatic heterocycles. The van der Waals surface area contributed by atoms with Gasteiger partial charge in [-0.25, -0.2) is 0 Å². The summed E-state index contributed by atoms with van der Waals surface area (Å²) in [5.41, 5.74) is 0.781. The van der Waals surface area contributed by atoms with Gasteiger partial charge in [0, 0.05) is 25.1 Å². The number of likely N-dealkylation sites (tertiary alicyclic amines) is 1. The molecule has 0 spiro atoms. The number of benzene rings is 1. The van der Waals surface area contributed by atoms with Crippen LogP contribution in [0.5, 0.6) is 11.5 Å². The molecule has 0 bridgehead atoms. The van der Waals surface area contributed by atoms with Crippen molar-refractivity contribution in [3.05, 3.63) is 27.8 Å². The van der Waals surface area contributed by atoms with Crippen molar-refractivity contribution in [1.29, 1.82) is 0 Å². The van der Waals surface area contributed by atoms with E-state index in [0.29, 0.717) is 11.5 Å². The van der Waals surface area contributed by atoms with Gasteiger partial charge in [-0.2, -0.15) is 0 Å². The van der Waals surface area contributed by atoms with Crippen molar-refractivity contribution in [3.8, 4) is 11.5 Å². The van der Waals surface area contributed by atoms with E-state index in [0.717, 1.165) is 31.4 Å². The lowest BCUT2D eigenvalue weighted by atomic mass is 10.1. The minimum absolute atomic E-state index is 0.0173. The standard InChI is InChI=1S/C14H18N2O4/c1-9-7-11(16(17)18)13(19-10-3-4-10)8-12(9)20-14-5-6-15(14)2/h7-8,10,14H,3-6H2,1-2H3. The van der Waals surface area contributed by atoms with Crippen molar-refractivity contribution < 1.29 is 14.4 Å². The first-order chi connectivity index (χ1) is 9.54. The van der Waals surface area contributed by atoms with Crippen LogP contribution in [0.2, 0.25) is 0 Å². The predicted molar refractivity (Wildman–Crippen MR) is 73.1 cm³/mol. The third-order valence-corrected chi connectivity index (χ3v) is 3.75. The summed E-state index contributed by atoms with van der Waals surface area (Å²) < 4.78 is 11.5. The van der Waals surface area contributed by atoms with Crippen molar-refractivity contribution in [1.82, 2.24) is 4.90 Å². The van der Waals surface area contributed by atoms with E-state index in [1.54, 1.807) is 6.07 Å². The summed E-state index contributed by atoms with van der Waals surface area (Å²) in [5, 5.41) is 11.1. The highest BCUT2D eigenvalue weighted by Gasteiger charge is 2.30. The molecule has 0 N–H and O–H groups in total. The second-order valence-corrected chi connectivity index (χ2v) is 5.50. The minimum Gasteiger partial charge on any atom is -0.483 e. The quantitative estimate of drug-likeness (QED) is 0.611. The van der Waals surface area contributed by atoms with Gasteiger partial charge in [-0.3, -0.25) is 15.0 Å². The lowest BCUT2D eigenvalue weighted by Gasteiger charge is -2.37. The van der Waals surface area contributed by atoms with Gasteiger partial charge in [-0.15, -0.1) is 0 Å². The van der Waals surface area contributed by atoms with Crippen LogP contribution in [-0.2, 0) is 0 Å². The van der Waals surface area contributed by atoms with Crippen molar-refractivity contribution in [2.24, 2.45) is 0 Å². The summed E-state index contributed by atoms with van der Waals surface area (Å²) in [5.74, 6) is 0.989. The molecule has 3 rings (SSSR count). The fourth-order valence-electron chi connectivity index (χ4n) is 2.17. The third-order valence-electron chi connectivity index (χ3n) is 3.75. The van der Waals surface area contributed by atoms with E-state index in [4.69, 9.17) is 9.47 Å². The maximum absolute atomic E-state index is 11.1. The first-order valence-electron chi connectivity index (χ1n) is 6.87. The Hall–Kier alpha value is -1.82. The first kappa shape index (κ1) is 13.2. The van der Waals surface area contributed by atoms with E-state index in [1.807, 2.05) is 14.0 Å². The van der Waals surface area contributed by atoms with Crippen LogP contribution in [-0.4, -0.2) is 35.7 Å². The van der Waals surface area contributed by atoms with Crippen molar-refractivity contribution in [2.45, 2.75) is 38.5 Å². The molecule has 1 unspecified atom stereocenters. The molecule has 6 heteroatoms. The Balaban J connectivity index is 1.86. The van der Waals surface area contributed by atoms with Crippen LogP contribution in [0, 0.1) is 17.0 Å². The number of nitro groups is 1. The molecular formula is C14H18N2O4. The number of hydrogen-bond acceptors (Lipinski definition) is 5. The van der Waals surface area contributed by atoms with Gasteiger partial charge >= 0.3 is 5.69 Å². The Kier molecular flexibility index (Phi) is 3.25. The first-order valence-corrected chi connectivity index (χ1v) is 6.87. The molecule has 1 atom stereocenters. The molecule has 108 valence electrons. The molecule has 1 heterocycles. The van der Waals surface area contributed by atoms with Crippen LogP contribution in [0.15, 0.2) is 12.1 Å². The van der Waals surface area contributed by atoms with Crippen molar-refractivity contribution >= 4 is 5.69 Å². The maximum Gasteiger partial charge on any atom is 0.311 e. The number of nitro benzene ring substituents is 1. The zero-order chi connectivity index (χ0) is 14.3. The Labute approximate surface area is 117 Å². The van der Waals surface area contributed by atoms with Gasteiger partial charge in [-0.05, 0) is 32.4 Å². The van der Waals surface area contributed by atoms with E-state index in [2.05, 4.69) is 4.90 Å². The summed E-state index contributed by atoms with van der Waals surface area (Å²) in [4.78, 5) is 12.8. The van der Waals surface area contributed by atoms with Crippen LogP contribution >= 0.6 is 0 Å². The smallest absolute Gasteiger partial charge is 0.311 e. The molecule has 0 amide bonds. The topological polar surface area (TPSA) is 64.8 Å². The van der Waals surface area contributed by atoms with Gasteiger partial charge in [0.2, 0.25) is 5.75 Å². The highest BCUT2D eigenvalue weighted by molar-refractivity contribution is 5.54. The number of ether oxygens (including phenoxy) is 2. The molecule has 6 nitrogen and oxygen atoms in total. The molecule has 1 saturated carbocycles. The van der Waals surface area contributed by atoms with E-state index >= 15 is 0 Å². The Morgan fingerprint density at radius 2 is 2.00 bits per heavy atom. The average molecular weight is 278 g/mol. The summed E-state index contributed by atoms with van der Waals surface area (Å²) in [6.45, 7) is 2.84. The molecule has 1 aliphatic heterocycles. The second-order valence-electron chi connectivity index (χ2n) is 5.50. The van der Waals surface area contributed by atoms with Crippen LogP contribution in [0.25, 0.3) is 0 Å². The fraction of sp³-hybridized carbons (Fsp3) is 0.571. The van der Waals surface area contributed by atoms with E-state index in [-0.39, 0.29) is 18.0 Å². The number of rotatable bonds is 5. The van der Waals surface area contributed by atoms with Crippen LogP contribution in [0.3, 0.4) is 0 Å². The lowest BCUT2D eigenvalue weighted by molar-refractivity contribution is -0.386. The normalized spacial score (nSPS) is 22.2. The third kappa shape index (κ3) is 2.56. The number of nitrogens with zero attached hydrogens (tertiary/aromatic N) is 2. The Morgan fingerprint density at radius 1 is 1.25 bits per heavy atom. The SMILES string of the molecule is Cc1cc([N+](=O)[O-])c(OC2CC2)cc1OC1CCN1C. The molecular weight excluding hydrogens is 260 g/mol. The molecule has 0 radical (unpaired) electrons. The van der Waals surface area contributed by atoms with Crippen LogP contribution in [0.4, 0.5) is 5.69 Å². The number of aryl methyl sites for hydroxylation is 1. The molecule has 1 aromatic rings. The van der Waals surface area contributed by atoms with E-state index in [9.17, 15) is 10.1 Å². The van der Waals surface area contributed by atoms with Gasteiger partial charge in [-0.1, -0.05) is 0 Å². The van der Waals surface area contributed by atoms with Gasteiger partial charge < -0.3 is 9.47 Å². The van der Waals surface area contributed by atoms with E-state index in [1.165, 1.54) is 6.07 Å². The van der Waals surface area contributed by atoms with E-state index < -0.39 is 4.92 Å². The van der Waals surface area contributed by atoms with Gasteiger partial charge in [0.05, 0.1) is 11.0 Å². The number of hydrogen-bond donors (Lipinski definition) is 0. The molecule has 1 aromatic carbocycles. The summed E-state index contributed by atoms with van der Waals surface area (Å²) >= 11 is 0. The minimum atomic E-state index is -0.399. The van der Waals surface area contributed by atoms with Crippen molar-refractivity contribution in [2.75, 3.05) is 13.6 Å². The maximum atomic E-state index is 11.1. The van der Waals surface area contributed by atoms with Gasteiger partial charge in [0.15, 0.2) is 6.23 Å². The molecule has 2 aliphatic rings. The molecule has 2 fully saturated rings. The highest BCUT2D eigenvalue weighted by Crippen LogP contribution is 2.38. The van der Waals surface area contributed by atoms with Gasteiger partial charge in [0.25, 0.3) is 0 Å². The molecule has 1 saturated heterocycles. The highest BCUT2D eigenvalue weighted by atomic mass is 16.6. The average Bonchev–Trinajstić information content (AvgIpc) is 3.20. The van der Waals surface area contributed by atoms with Crippen LogP contribution < -0.4 is 9.47 Å². The zero-order valence-corrected chi connectivity index (χ0v) is 11.7. The Bertz CT molecular complexity index is 542. The summed E-state index contributed by atoms with van der Waals surface area (Å²) in [6, 6.07) is 3.20. The Morgan fingerprint density at radius 3 is 2.50 bits per heavy atom.